The summed E-state index contributed by atoms with van der Waals surface area (Å²) >= 11 is 2.40. The molecule has 5 rings (SSSR count). The average Bonchev–Trinajstić information content (AvgIpc) is 2.80. The Morgan fingerprint density at radius 1 is 1.12 bits per heavy atom. The van der Waals surface area contributed by atoms with Crippen molar-refractivity contribution in [3.05, 3.63) is 22.1 Å². The van der Waals surface area contributed by atoms with Crippen molar-refractivity contribution in [1.29, 1.82) is 0 Å². The Kier molecular flexibility index (Phi) is 4.76. The van der Waals surface area contributed by atoms with Crippen molar-refractivity contribution < 1.29 is 9.47 Å². The van der Waals surface area contributed by atoms with Crippen molar-refractivity contribution in [2.45, 2.75) is 78.4 Å². The zero-order valence-corrected chi connectivity index (χ0v) is 18.8. The highest BCUT2D eigenvalue weighted by Gasteiger charge is 2.66. The average molecular weight is 471 g/mol. The first kappa shape index (κ1) is 19.2. The largest absolute Gasteiger partial charge is 0.373 e. The molecule has 1 heterocycles. The monoisotopic (exact) mass is 471 g/mol. The SMILES string of the molecule is C[CH]OCCOC12CC3(C)CC(C)(CC(Cn4ncc(I)c4C)(C3)C1)C2. The predicted molar refractivity (Wildman–Crippen MR) is 111 cm³/mol. The molecule has 0 aromatic carbocycles. The molecule has 1 radical (unpaired) electrons. The lowest BCUT2D eigenvalue weighted by atomic mass is 9.39. The van der Waals surface area contributed by atoms with E-state index in [4.69, 9.17) is 14.6 Å². The van der Waals surface area contributed by atoms with Gasteiger partial charge in [0.05, 0.1) is 35.2 Å². The van der Waals surface area contributed by atoms with Crippen LogP contribution in [-0.4, -0.2) is 28.6 Å². The van der Waals surface area contributed by atoms with Crippen LogP contribution in [0.15, 0.2) is 6.20 Å². The van der Waals surface area contributed by atoms with Crippen molar-refractivity contribution >= 4 is 22.6 Å². The smallest absolute Gasteiger partial charge is 0.0807 e. The van der Waals surface area contributed by atoms with Crippen molar-refractivity contribution in [3.63, 3.8) is 0 Å². The van der Waals surface area contributed by atoms with Gasteiger partial charge in [-0.15, -0.1) is 0 Å². The van der Waals surface area contributed by atoms with E-state index in [0.29, 0.717) is 29.5 Å². The molecule has 4 nitrogen and oxygen atoms in total. The first-order chi connectivity index (χ1) is 12.2. The topological polar surface area (TPSA) is 36.3 Å². The fourth-order valence-electron chi connectivity index (χ4n) is 7.48. The van der Waals surface area contributed by atoms with Gasteiger partial charge in [-0.3, -0.25) is 4.68 Å². The summed E-state index contributed by atoms with van der Waals surface area (Å²) in [4.78, 5) is 0. The minimum Gasteiger partial charge on any atom is -0.373 e. The molecule has 0 spiro atoms. The molecule has 2 atom stereocenters. The van der Waals surface area contributed by atoms with Crippen LogP contribution in [0.25, 0.3) is 0 Å². The Morgan fingerprint density at radius 2 is 1.81 bits per heavy atom. The van der Waals surface area contributed by atoms with Gasteiger partial charge in [-0.05, 0) is 91.2 Å². The Bertz CT molecular complexity index is 668. The molecule has 5 heteroatoms. The number of aromatic nitrogens is 2. The zero-order chi connectivity index (χ0) is 18.6. The second-order valence-corrected chi connectivity index (χ2v) is 11.2. The molecule has 1 aromatic heterocycles. The second kappa shape index (κ2) is 6.45. The first-order valence-corrected chi connectivity index (χ1v) is 11.0. The highest BCUT2D eigenvalue weighted by Crippen LogP contribution is 2.72. The van der Waals surface area contributed by atoms with Crippen LogP contribution in [0.2, 0.25) is 0 Å². The van der Waals surface area contributed by atoms with Gasteiger partial charge in [0.25, 0.3) is 0 Å². The summed E-state index contributed by atoms with van der Waals surface area (Å²) in [5.41, 5.74) is 2.45. The maximum atomic E-state index is 6.60. The van der Waals surface area contributed by atoms with Crippen LogP contribution in [0.1, 0.15) is 65.0 Å². The molecule has 4 aliphatic rings. The van der Waals surface area contributed by atoms with Gasteiger partial charge < -0.3 is 9.47 Å². The van der Waals surface area contributed by atoms with Crippen LogP contribution in [0, 0.1) is 33.3 Å². The van der Waals surface area contributed by atoms with E-state index in [0.717, 1.165) is 6.54 Å². The zero-order valence-electron chi connectivity index (χ0n) is 16.6. The van der Waals surface area contributed by atoms with E-state index in [9.17, 15) is 0 Å². The summed E-state index contributed by atoms with van der Waals surface area (Å²) in [6, 6.07) is 0. The van der Waals surface area contributed by atoms with Gasteiger partial charge in [0.15, 0.2) is 0 Å². The van der Waals surface area contributed by atoms with Crippen LogP contribution in [0.3, 0.4) is 0 Å². The predicted octanol–water partition coefficient (Wildman–Crippen LogP) is 5.13. The summed E-state index contributed by atoms with van der Waals surface area (Å²) in [7, 11) is 0. The van der Waals surface area contributed by atoms with Crippen molar-refractivity contribution in [1.82, 2.24) is 9.78 Å². The summed E-state index contributed by atoms with van der Waals surface area (Å²) < 4.78 is 15.5. The minimum absolute atomic E-state index is 0.0313. The van der Waals surface area contributed by atoms with Gasteiger partial charge in [0.1, 0.15) is 0 Å². The first-order valence-electron chi connectivity index (χ1n) is 9.92. The molecule has 0 N–H and O–H groups in total. The summed E-state index contributed by atoms with van der Waals surface area (Å²) in [6.07, 6.45) is 9.58. The lowest BCUT2D eigenvalue weighted by Gasteiger charge is -2.69. The normalized spacial score (nSPS) is 41.1. The molecule has 4 fully saturated rings. The van der Waals surface area contributed by atoms with Gasteiger partial charge in [0, 0.05) is 12.2 Å². The molecule has 0 amide bonds. The molecule has 26 heavy (non-hydrogen) atoms. The fraction of sp³-hybridized carbons (Fsp3) is 0.810. The second-order valence-electron chi connectivity index (χ2n) is 10.1. The molecular weight excluding hydrogens is 439 g/mol. The van der Waals surface area contributed by atoms with E-state index >= 15 is 0 Å². The highest BCUT2D eigenvalue weighted by atomic mass is 127. The number of rotatable bonds is 7. The Balaban J connectivity index is 1.60. The van der Waals surface area contributed by atoms with Crippen molar-refractivity contribution in [3.8, 4) is 0 Å². The Labute approximate surface area is 171 Å². The van der Waals surface area contributed by atoms with E-state index in [-0.39, 0.29) is 5.60 Å². The molecule has 0 aliphatic heterocycles. The summed E-state index contributed by atoms with van der Waals surface area (Å²) in [5.74, 6) is 0. The lowest BCUT2D eigenvalue weighted by Crippen LogP contribution is -2.64. The number of nitrogens with zero attached hydrogens (tertiary/aromatic N) is 2. The summed E-state index contributed by atoms with van der Waals surface area (Å²) in [6.45, 7) is 13.3. The van der Waals surface area contributed by atoms with Crippen LogP contribution in [0.4, 0.5) is 0 Å². The van der Waals surface area contributed by atoms with Gasteiger partial charge >= 0.3 is 0 Å². The number of halogens is 1. The van der Waals surface area contributed by atoms with Crippen molar-refractivity contribution in [2.75, 3.05) is 13.2 Å². The standard InChI is InChI=1S/C21H32IN2O2/c1-5-25-6-7-26-21-12-18(3)9-19(4,13-21)11-20(10-18,14-21)15-24-16(2)17(22)8-23-24/h5,8H,6-7,9-15H2,1-4H3. The van der Waals surface area contributed by atoms with E-state index in [1.54, 1.807) is 6.61 Å². The Morgan fingerprint density at radius 3 is 2.38 bits per heavy atom. The lowest BCUT2D eigenvalue weighted by molar-refractivity contribution is -0.250. The third-order valence-electron chi connectivity index (χ3n) is 6.96. The van der Waals surface area contributed by atoms with E-state index in [1.165, 1.54) is 47.8 Å². The fourth-order valence-corrected chi connectivity index (χ4v) is 7.88. The van der Waals surface area contributed by atoms with Crippen LogP contribution < -0.4 is 0 Å². The van der Waals surface area contributed by atoms with Crippen molar-refractivity contribution in [2.24, 2.45) is 16.2 Å². The Hall–Kier alpha value is -0.140. The molecule has 4 saturated carbocycles. The van der Waals surface area contributed by atoms with Gasteiger partial charge in [-0.1, -0.05) is 13.8 Å². The maximum Gasteiger partial charge on any atom is 0.0807 e. The van der Waals surface area contributed by atoms with Crippen LogP contribution in [0.5, 0.6) is 0 Å². The van der Waals surface area contributed by atoms with Gasteiger partial charge in [-0.2, -0.15) is 5.10 Å². The van der Waals surface area contributed by atoms with E-state index in [1.807, 2.05) is 13.1 Å². The molecule has 1 aromatic rings. The molecular formula is C21H32IN2O2. The molecule has 4 bridgehead atoms. The van der Waals surface area contributed by atoms with Gasteiger partial charge in [-0.25, -0.2) is 0 Å². The molecule has 2 unspecified atom stereocenters. The number of hydrogen-bond donors (Lipinski definition) is 0. The minimum atomic E-state index is 0.0313. The third kappa shape index (κ3) is 3.37. The number of ether oxygens (including phenoxy) is 2. The quantitative estimate of drug-likeness (QED) is 0.409. The van der Waals surface area contributed by atoms with E-state index in [2.05, 4.69) is 48.0 Å². The number of hydrogen-bond acceptors (Lipinski definition) is 3. The summed E-state index contributed by atoms with van der Waals surface area (Å²) in [5, 5.41) is 4.69. The molecule has 0 saturated heterocycles. The van der Waals surface area contributed by atoms with Gasteiger partial charge in [0.2, 0.25) is 0 Å². The van der Waals surface area contributed by atoms with Crippen LogP contribution >= 0.6 is 22.6 Å². The maximum absolute atomic E-state index is 6.60. The molecule has 145 valence electrons. The molecule has 4 aliphatic carbocycles. The van der Waals surface area contributed by atoms with E-state index < -0.39 is 0 Å². The highest BCUT2D eigenvalue weighted by molar-refractivity contribution is 14.1. The van der Waals surface area contributed by atoms with Crippen LogP contribution in [-0.2, 0) is 16.0 Å². The third-order valence-corrected chi connectivity index (χ3v) is 8.02.